The predicted octanol–water partition coefficient (Wildman–Crippen LogP) is 3.39. The number of benzene rings is 3. The van der Waals surface area contributed by atoms with Gasteiger partial charge in [-0.25, -0.2) is 13.6 Å². The number of rotatable bonds is 10. The Kier molecular flexibility index (Phi) is 8.26. The van der Waals surface area contributed by atoms with Crippen LogP contribution in [0.5, 0.6) is 5.75 Å². The van der Waals surface area contributed by atoms with Crippen LogP contribution in [0.15, 0.2) is 77.7 Å². The summed E-state index contributed by atoms with van der Waals surface area (Å²) >= 11 is 0. The van der Waals surface area contributed by atoms with Crippen molar-refractivity contribution < 1.29 is 17.9 Å². The lowest BCUT2D eigenvalue weighted by molar-refractivity contribution is -0.128. The van der Waals surface area contributed by atoms with Gasteiger partial charge in [0, 0.05) is 17.7 Å². The molecule has 0 aromatic heterocycles. The molecule has 0 aliphatic carbocycles. The molecule has 0 heterocycles. The lowest BCUT2D eigenvalue weighted by Crippen LogP contribution is -2.39. The first kappa shape index (κ1) is 25.9. The van der Waals surface area contributed by atoms with Crippen LogP contribution in [-0.4, -0.2) is 26.3 Å². The number of sulfonamides is 1. The topological polar surface area (TPSA) is 148 Å². The van der Waals surface area contributed by atoms with Gasteiger partial charge in [-0.3, -0.25) is 10.2 Å². The van der Waals surface area contributed by atoms with Gasteiger partial charge in [0.2, 0.25) is 10.0 Å². The molecule has 3 rings (SSSR count). The lowest BCUT2D eigenvalue weighted by Gasteiger charge is -2.21. The molecule has 0 bridgehead atoms. The van der Waals surface area contributed by atoms with Crippen molar-refractivity contribution in [3.05, 3.63) is 83.9 Å². The molecular weight excluding hydrogens is 464 g/mol. The molecule has 35 heavy (non-hydrogen) atoms. The van der Waals surface area contributed by atoms with Crippen LogP contribution in [-0.2, 0) is 21.4 Å². The molecule has 6 N–H and O–H groups in total. The average molecular weight is 495 g/mol. The van der Waals surface area contributed by atoms with Crippen LogP contribution < -0.4 is 20.9 Å². The van der Waals surface area contributed by atoms with E-state index in [-0.39, 0.29) is 29.1 Å². The van der Waals surface area contributed by atoms with Crippen LogP contribution in [0.4, 0.5) is 0 Å². The molecule has 0 aliphatic rings. The standard InChI is InChI=1S/C26H30N4O4S/c1-17(2)14-23(34-21-7-5-6-20(15-21)25(27)28)26(31)30-16-18-10-12-19(13-11-18)22-8-3-4-9-24(22)35(29,32)33/h3-13,15,17,23H,14,16H2,1-2H3,(H3,27,28)(H,30,31)(H2,29,32,33). The van der Waals surface area contributed by atoms with Gasteiger partial charge in [-0.15, -0.1) is 0 Å². The first-order valence-corrected chi connectivity index (χ1v) is 12.7. The number of carbonyl (C=O) groups excluding carboxylic acids is 1. The predicted molar refractivity (Wildman–Crippen MR) is 136 cm³/mol. The Bertz CT molecular complexity index is 1300. The SMILES string of the molecule is CC(C)CC(Oc1cccc(C(=N)N)c1)C(=O)NCc1ccc(-c2ccccc2S(N)(=O)=O)cc1. The zero-order valence-corrected chi connectivity index (χ0v) is 20.5. The summed E-state index contributed by atoms with van der Waals surface area (Å²) < 4.78 is 29.7. The quantitative estimate of drug-likeness (QED) is 0.252. The highest BCUT2D eigenvalue weighted by Crippen LogP contribution is 2.26. The molecule has 8 nitrogen and oxygen atoms in total. The second-order valence-electron chi connectivity index (χ2n) is 8.63. The summed E-state index contributed by atoms with van der Waals surface area (Å²) in [6.07, 6.45) is -0.197. The normalized spacial score (nSPS) is 12.2. The average Bonchev–Trinajstić information content (AvgIpc) is 2.82. The van der Waals surface area contributed by atoms with Crippen molar-refractivity contribution in [3.63, 3.8) is 0 Å². The Morgan fingerprint density at radius 1 is 1.03 bits per heavy atom. The number of amidine groups is 1. The highest BCUT2D eigenvalue weighted by Gasteiger charge is 2.22. The van der Waals surface area contributed by atoms with Crippen LogP contribution in [0.25, 0.3) is 11.1 Å². The van der Waals surface area contributed by atoms with Crippen LogP contribution >= 0.6 is 0 Å². The van der Waals surface area contributed by atoms with E-state index in [1.54, 1.807) is 54.6 Å². The second kappa shape index (κ2) is 11.2. The van der Waals surface area contributed by atoms with Crippen LogP contribution in [0.2, 0.25) is 0 Å². The molecule has 0 aliphatic heterocycles. The van der Waals surface area contributed by atoms with E-state index in [1.165, 1.54) is 6.07 Å². The van der Waals surface area contributed by atoms with Crippen molar-refractivity contribution in [1.29, 1.82) is 5.41 Å². The molecule has 0 saturated carbocycles. The van der Waals surface area contributed by atoms with Gasteiger partial charge in [-0.05, 0) is 41.7 Å². The Morgan fingerprint density at radius 2 is 1.71 bits per heavy atom. The van der Waals surface area contributed by atoms with Crippen LogP contribution in [0.3, 0.4) is 0 Å². The number of nitrogens with two attached hydrogens (primary N) is 2. The van der Waals surface area contributed by atoms with Crippen molar-refractivity contribution in [3.8, 4) is 16.9 Å². The van der Waals surface area contributed by atoms with E-state index in [4.69, 9.17) is 21.0 Å². The fraction of sp³-hybridized carbons (Fsp3) is 0.231. The number of hydrogen-bond donors (Lipinski definition) is 4. The molecular formula is C26H30N4O4S. The largest absolute Gasteiger partial charge is 0.481 e. The highest BCUT2D eigenvalue weighted by molar-refractivity contribution is 7.89. The minimum Gasteiger partial charge on any atom is -0.481 e. The Hall–Kier alpha value is -3.69. The molecule has 3 aromatic carbocycles. The molecule has 0 saturated heterocycles. The summed E-state index contributed by atoms with van der Waals surface area (Å²) in [5.74, 6) is 0.363. The Morgan fingerprint density at radius 3 is 2.34 bits per heavy atom. The first-order valence-electron chi connectivity index (χ1n) is 11.1. The van der Waals surface area contributed by atoms with Crippen molar-refractivity contribution in [2.75, 3.05) is 0 Å². The third-order valence-electron chi connectivity index (χ3n) is 5.33. The molecule has 0 fully saturated rings. The molecule has 184 valence electrons. The number of carbonyl (C=O) groups is 1. The second-order valence-corrected chi connectivity index (χ2v) is 10.2. The zero-order valence-electron chi connectivity index (χ0n) is 19.7. The van der Waals surface area contributed by atoms with E-state index in [0.717, 1.165) is 5.56 Å². The van der Waals surface area contributed by atoms with Gasteiger partial charge in [0.05, 0.1) is 4.90 Å². The third kappa shape index (κ3) is 7.14. The van der Waals surface area contributed by atoms with Crippen molar-refractivity contribution in [2.45, 2.75) is 37.8 Å². The summed E-state index contributed by atoms with van der Waals surface area (Å²) in [6, 6.07) is 20.6. The molecule has 1 amide bonds. The fourth-order valence-corrected chi connectivity index (χ4v) is 4.36. The summed E-state index contributed by atoms with van der Waals surface area (Å²) in [7, 11) is -3.86. The summed E-state index contributed by atoms with van der Waals surface area (Å²) in [6.45, 7) is 4.29. The molecule has 0 radical (unpaired) electrons. The molecule has 1 unspecified atom stereocenters. The van der Waals surface area contributed by atoms with E-state index in [1.807, 2.05) is 26.0 Å². The van der Waals surface area contributed by atoms with Gasteiger partial charge in [0.15, 0.2) is 6.10 Å². The van der Waals surface area contributed by atoms with Crippen molar-refractivity contribution in [2.24, 2.45) is 16.8 Å². The highest BCUT2D eigenvalue weighted by atomic mass is 32.2. The minimum absolute atomic E-state index is 0.0589. The molecule has 0 spiro atoms. The Labute approximate surface area is 205 Å². The van der Waals surface area contributed by atoms with Gasteiger partial charge in [-0.1, -0.05) is 68.4 Å². The van der Waals surface area contributed by atoms with Gasteiger partial charge in [0.1, 0.15) is 11.6 Å². The number of hydrogen-bond acceptors (Lipinski definition) is 5. The van der Waals surface area contributed by atoms with E-state index in [2.05, 4.69) is 5.32 Å². The maximum atomic E-state index is 12.9. The van der Waals surface area contributed by atoms with Crippen molar-refractivity contribution >= 4 is 21.8 Å². The summed E-state index contributed by atoms with van der Waals surface area (Å²) in [4.78, 5) is 13.0. The van der Waals surface area contributed by atoms with Crippen LogP contribution in [0, 0.1) is 11.3 Å². The minimum atomic E-state index is -3.86. The number of ether oxygens (including phenoxy) is 1. The molecule has 9 heteroatoms. The van der Waals surface area contributed by atoms with E-state index < -0.39 is 16.1 Å². The maximum absolute atomic E-state index is 12.9. The van der Waals surface area contributed by atoms with Gasteiger partial charge >= 0.3 is 0 Å². The number of primary sulfonamides is 1. The van der Waals surface area contributed by atoms with Gasteiger partial charge < -0.3 is 15.8 Å². The molecule has 1 atom stereocenters. The smallest absolute Gasteiger partial charge is 0.261 e. The maximum Gasteiger partial charge on any atom is 0.261 e. The van der Waals surface area contributed by atoms with E-state index >= 15 is 0 Å². The first-order chi connectivity index (χ1) is 16.5. The fourth-order valence-electron chi connectivity index (χ4n) is 3.60. The number of nitrogens with one attached hydrogen (secondary N) is 2. The van der Waals surface area contributed by atoms with Crippen LogP contribution in [0.1, 0.15) is 31.4 Å². The number of amides is 1. The molecule has 3 aromatic rings. The number of nitrogen functional groups attached to an aromatic ring is 1. The van der Waals surface area contributed by atoms with E-state index in [0.29, 0.717) is 28.9 Å². The van der Waals surface area contributed by atoms with Gasteiger partial charge in [-0.2, -0.15) is 0 Å². The summed E-state index contributed by atoms with van der Waals surface area (Å²) in [5, 5.41) is 15.8. The van der Waals surface area contributed by atoms with E-state index in [9.17, 15) is 13.2 Å². The van der Waals surface area contributed by atoms with Gasteiger partial charge in [0.25, 0.3) is 5.91 Å². The summed E-state index contributed by atoms with van der Waals surface area (Å²) in [5.41, 5.74) is 8.15. The van der Waals surface area contributed by atoms with Crippen molar-refractivity contribution in [1.82, 2.24) is 5.32 Å². The monoisotopic (exact) mass is 494 g/mol. The third-order valence-corrected chi connectivity index (χ3v) is 6.30. The Balaban J connectivity index is 1.70. The lowest BCUT2D eigenvalue weighted by atomic mass is 10.0. The zero-order chi connectivity index (χ0) is 25.6.